The number of hydrogen-bond acceptors (Lipinski definition) is 4. The van der Waals surface area contributed by atoms with Gasteiger partial charge in [-0.2, -0.15) is 0 Å². The highest BCUT2D eigenvalue weighted by Gasteiger charge is 2.46. The van der Waals surface area contributed by atoms with Crippen LogP contribution in [0.2, 0.25) is 5.02 Å². The molecular weight excluding hydrogens is 338 g/mol. The molecule has 1 aliphatic heterocycles. The lowest BCUT2D eigenvalue weighted by Gasteiger charge is -2.09. The molecule has 2 heterocycles. The van der Waals surface area contributed by atoms with Gasteiger partial charge < -0.3 is 4.74 Å². The zero-order valence-corrected chi connectivity index (χ0v) is 14.2. The number of halogens is 1. The molecule has 1 aliphatic rings. The molecule has 0 saturated carbocycles. The van der Waals surface area contributed by atoms with Gasteiger partial charge in [-0.15, -0.1) is 0 Å². The zero-order chi connectivity index (χ0) is 17.4. The fourth-order valence-corrected chi connectivity index (χ4v) is 2.95. The number of epoxide rings is 1. The number of aromatic nitrogens is 1. The third-order valence-corrected chi connectivity index (χ3v) is 4.44. The highest BCUT2D eigenvalue weighted by atomic mass is 35.5. The maximum atomic E-state index is 12.2. The number of rotatable bonds is 4. The van der Waals surface area contributed by atoms with Gasteiger partial charge in [-0.25, -0.2) is 4.98 Å². The molecule has 0 bridgehead atoms. The van der Waals surface area contributed by atoms with Crippen molar-refractivity contribution in [3.63, 3.8) is 0 Å². The van der Waals surface area contributed by atoms with Gasteiger partial charge in [0, 0.05) is 10.4 Å². The van der Waals surface area contributed by atoms with E-state index in [9.17, 15) is 4.79 Å². The Balaban J connectivity index is 1.40. The molecular formula is C19H16ClN3O2. The standard InChI is InChI=1S/C19H16ClN3O2/c1-11-10-16(21-15-5-3-2-4-14(11)15)22-23-19(24)18-17(25-18)12-6-8-13(20)9-7-12/h2-10,17-18H,1H3,(H,21,22)(H,23,24)/t17-,18+/m0/s1. The average molecular weight is 354 g/mol. The SMILES string of the molecule is Cc1cc(NNC(=O)[C@@H]2O[C@H]2c2ccc(Cl)cc2)nc2ccccc12. The van der Waals surface area contributed by atoms with E-state index in [1.54, 1.807) is 12.1 Å². The van der Waals surface area contributed by atoms with Crippen LogP contribution in [0.4, 0.5) is 5.82 Å². The number of hydrogen-bond donors (Lipinski definition) is 2. The minimum absolute atomic E-state index is 0.229. The fourth-order valence-electron chi connectivity index (χ4n) is 2.83. The molecule has 0 radical (unpaired) electrons. The normalized spacial score (nSPS) is 18.8. The molecule has 6 heteroatoms. The van der Waals surface area contributed by atoms with Gasteiger partial charge in [-0.1, -0.05) is 41.9 Å². The minimum Gasteiger partial charge on any atom is -0.354 e. The summed E-state index contributed by atoms with van der Waals surface area (Å²) in [7, 11) is 0. The topological polar surface area (TPSA) is 66.5 Å². The van der Waals surface area contributed by atoms with Crippen molar-refractivity contribution >= 4 is 34.2 Å². The summed E-state index contributed by atoms with van der Waals surface area (Å²) < 4.78 is 5.47. The number of carbonyl (C=O) groups is 1. The predicted octanol–water partition coefficient (Wildman–Crippen LogP) is 3.78. The van der Waals surface area contributed by atoms with E-state index in [1.165, 1.54) is 0 Å². The molecule has 1 aromatic heterocycles. The van der Waals surface area contributed by atoms with E-state index in [2.05, 4.69) is 15.8 Å². The van der Waals surface area contributed by atoms with Crippen molar-refractivity contribution in [1.29, 1.82) is 0 Å². The lowest BCUT2D eigenvalue weighted by atomic mass is 10.1. The number of nitrogens with zero attached hydrogens (tertiary/aromatic N) is 1. The molecule has 0 aliphatic carbocycles. The van der Waals surface area contributed by atoms with Crippen molar-refractivity contribution in [1.82, 2.24) is 10.4 Å². The van der Waals surface area contributed by atoms with E-state index in [0.717, 1.165) is 22.0 Å². The maximum absolute atomic E-state index is 12.2. The van der Waals surface area contributed by atoms with Gasteiger partial charge in [-0.05, 0) is 42.3 Å². The number of nitrogens with one attached hydrogen (secondary N) is 2. The first-order valence-corrected chi connectivity index (χ1v) is 8.33. The molecule has 0 unspecified atom stereocenters. The van der Waals surface area contributed by atoms with Crippen molar-refractivity contribution in [3.8, 4) is 0 Å². The number of hydrazine groups is 1. The Bertz CT molecular complexity index is 943. The largest absolute Gasteiger partial charge is 0.354 e. The smallest absolute Gasteiger partial charge is 0.270 e. The summed E-state index contributed by atoms with van der Waals surface area (Å²) in [6.07, 6.45) is -0.736. The molecule has 0 spiro atoms. The quantitative estimate of drug-likeness (QED) is 0.553. The summed E-state index contributed by atoms with van der Waals surface area (Å²) in [5.74, 6) is 0.362. The van der Waals surface area contributed by atoms with E-state index in [-0.39, 0.29) is 12.0 Å². The molecule has 126 valence electrons. The van der Waals surface area contributed by atoms with Crippen molar-refractivity contribution in [2.45, 2.75) is 19.1 Å². The Kier molecular flexibility index (Phi) is 4.03. The Morgan fingerprint density at radius 2 is 1.92 bits per heavy atom. The van der Waals surface area contributed by atoms with Gasteiger partial charge in [0.25, 0.3) is 5.91 Å². The number of aryl methyl sites for hydroxylation is 1. The third-order valence-electron chi connectivity index (χ3n) is 4.19. The second-order valence-electron chi connectivity index (χ2n) is 5.98. The van der Waals surface area contributed by atoms with Gasteiger partial charge in [-0.3, -0.25) is 15.6 Å². The fraction of sp³-hybridized carbons (Fsp3) is 0.158. The highest BCUT2D eigenvalue weighted by Crippen LogP contribution is 2.39. The molecule has 4 rings (SSSR count). The average Bonchev–Trinajstić information content (AvgIpc) is 3.41. The first kappa shape index (κ1) is 15.9. The number of pyridine rings is 1. The Labute approximate surface area is 149 Å². The van der Waals surface area contributed by atoms with Crippen LogP contribution in [0.3, 0.4) is 0 Å². The van der Waals surface area contributed by atoms with Crippen molar-refractivity contribution in [2.24, 2.45) is 0 Å². The van der Waals surface area contributed by atoms with Crippen LogP contribution in [-0.2, 0) is 9.53 Å². The molecule has 2 N–H and O–H groups in total. The lowest BCUT2D eigenvalue weighted by molar-refractivity contribution is -0.121. The molecule has 1 amide bonds. The van der Waals surface area contributed by atoms with Gasteiger partial charge >= 0.3 is 0 Å². The summed E-state index contributed by atoms with van der Waals surface area (Å²) in [6, 6.07) is 17.1. The number of fused-ring (bicyclic) bond motifs is 1. The van der Waals surface area contributed by atoms with E-state index in [1.807, 2.05) is 49.4 Å². The summed E-state index contributed by atoms with van der Waals surface area (Å²) in [5.41, 5.74) is 8.43. The number of carbonyl (C=O) groups excluding carboxylic acids is 1. The molecule has 1 saturated heterocycles. The molecule has 2 aromatic carbocycles. The number of anilines is 1. The van der Waals surface area contributed by atoms with E-state index >= 15 is 0 Å². The first-order valence-electron chi connectivity index (χ1n) is 7.95. The van der Waals surface area contributed by atoms with Crippen LogP contribution in [0.5, 0.6) is 0 Å². The number of ether oxygens (including phenoxy) is 1. The highest BCUT2D eigenvalue weighted by molar-refractivity contribution is 6.30. The minimum atomic E-state index is -0.504. The van der Waals surface area contributed by atoms with Crippen molar-refractivity contribution in [3.05, 3.63) is 70.7 Å². The second kappa shape index (κ2) is 6.35. The second-order valence-corrected chi connectivity index (χ2v) is 6.42. The van der Waals surface area contributed by atoms with E-state index < -0.39 is 6.10 Å². The lowest BCUT2D eigenvalue weighted by Crippen LogP contribution is -2.33. The summed E-state index contributed by atoms with van der Waals surface area (Å²) in [4.78, 5) is 16.7. The van der Waals surface area contributed by atoms with Crippen LogP contribution >= 0.6 is 11.6 Å². The van der Waals surface area contributed by atoms with Gasteiger partial charge in [0.05, 0.1) is 5.52 Å². The van der Waals surface area contributed by atoms with Crippen LogP contribution in [0.15, 0.2) is 54.6 Å². The molecule has 5 nitrogen and oxygen atoms in total. The van der Waals surface area contributed by atoms with Gasteiger partial charge in [0.15, 0.2) is 6.10 Å². The molecule has 25 heavy (non-hydrogen) atoms. The predicted molar refractivity (Wildman–Crippen MR) is 97.3 cm³/mol. The Morgan fingerprint density at radius 1 is 1.16 bits per heavy atom. The van der Waals surface area contributed by atoms with Crippen LogP contribution in [-0.4, -0.2) is 17.0 Å². The summed E-state index contributed by atoms with van der Waals surface area (Å²) in [6.45, 7) is 2.01. The zero-order valence-electron chi connectivity index (χ0n) is 13.5. The molecule has 1 fully saturated rings. The first-order chi connectivity index (χ1) is 12.1. The van der Waals surface area contributed by atoms with Crippen LogP contribution in [0.1, 0.15) is 17.2 Å². The number of amides is 1. The van der Waals surface area contributed by atoms with E-state index in [0.29, 0.717) is 10.8 Å². The van der Waals surface area contributed by atoms with E-state index in [4.69, 9.17) is 16.3 Å². The van der Waals surface area contributed by atoms with Crippen LogP contribution < -0.4 is 10.9 Å². The summed E-state index contributed by atoms with van der Waals surface area (Å²) in [5, 5.41) is 1.75. The molecule has 2 atom stereocenters. The Morgan fingerprint density at radius 3 is 2.72 bits per heavy atom. The van der Waals surface area contributed by atoms with Gasteiger partial charge in [0.1, 0.15) is 11.9 Å². The summed E-state index contributed by atoms with van der Waals surface area (Å²) >= 11 is 5.87. The number of benzene rings is 2. The number of para-hydroxylation sites is 1. The van der Waals surface area contributed by atoms with Gasteiger partial charge in [0.2, 0.25) is 0 Å². The monoisotopic (exact) mass is 353 g/mol. The molecule has 3 aromatic rings. The third kappa shape index (κ3) is 3.29. The van der Waals surface area contributed by atoms with Crippen molar-refractivity contribution < 1.29 is 9.53 Å². The Hall–Kier alpha value is -2.63. The van der Waals surface area contributed by atoms with Crippen LogP contribution in [0, 0.1) is 6.92 Å². The van der Waals surface area contributed by atoms with Crippen LogP contribution in [0.25, 0.3) is 10.9 Å². The maximum Gasteiger partial charge on any atom is 0.270 e. The van der Waals surface area contributed by atoms with Crippen molar-refractivity contribution in [2.75, 3.05) is 5.43 Å².